The Morgan fingerprint density at radius 3 is 2.86 bits per heavy atom. The molecule has 1 rings (SSSR count). The van der Waals surface area contributed by atoms with Crippen molar-refractivity contribution in [3.63, 3.8) is 0 Å². The molecule has 0 bridgehead atoms. The lowest BCUT2D eigenvalue weighted by Gasteiger charge is -2.14. The monoisotopic (exact) mass is 298 g/mol. The fraction of sp³-hybridized carbons (Fsp3) is 0.533. The minimum atomic E-state index is -0.564. The van der Waals surface area contributed by atoms with Gasteiger partial charge in [0.2, 0.25) is 0 Å². The summed E-state index contributed by atoms with van der Waals surface area (Å²) in [7, 11) is 0. The van der Waals surface area contributed by atoms with Gasteiger partial charge in [-0.15, -0.1) is 0 Å². The summed E-state index contributed by atoms with van der Waals surface area (Å²) in [5, 5.41) is 14.9. The van der Waals surface area contributed by atoms with Gasteiger partial charge in [0.15, 0.2) is 0 Å². The highest BCUT2D eigenvalue weighted by atomic mass is 19.1. The average Bonchev–Trinajstić information content (AvgIpc) is 2.42. The lowest BCUT2D eigenvalue weighted by atomic mass is 10.1. The molecule has 1 aromatic rings. The SMILES string of the molecule is CC(C)CC(O)CNC(=O)Nc1cccc(OCCF)c1. The Kier molecular flexibility index (Phi) is 7.53. The molecular weight excluding hydrogens is 275 g/mol. The van der Waals surface area contributed by atoms with Crippen LogP contribution in [0.3, 0.4) is 0 Å². The third-order valence-corrected chi connectivity index (χ3v) is 2.68. The minimum Gasteiger partial charge on any atom is -0.491 e. The lowest BCUT2D eigenvalue weighted by molar-refractivity contribution is 0.148. The van der Waals surface area contributed by atoms with Crippen LogP contribution in [0.5, 0.6) is 5.75 Å². The van der Waals surface area contributed by atoms with Crippen molar-refractivity contribution in [2.24, 2.45) is 5.92 Å². The first-order chi connectivity index (χ1) is 10.0. The Hall–Kier alpha value is -1.82. The number of amides is 2. The Balaban J connectivity index is 2.40. The Labute approximate surface area is 124 Å². The van der Waals surface area contributed by atoms with Crippen LogP contribution in [-0.2, 0) is 0 Å². The van der Waals surface area contributed by atoms with E-state index < -0.39 is 18.8 Å². The molecule has 1 unspecified atom stereocenters. The number of hydrogen-bond acceptors (Lipinski definition) is 3. The summed E-state index contributed by atoms with van der Waals surface area (Å²) in [5.41, 5.74) is 0.544. The summed E-state index contributed by atoms with van der Waals surface area (Å²) in [6.45, 7) is 3.63. The van der Waals surface area contributed by atoms with Crippen molar-refractivity contribution in [2.45, 2.75) is 26.4 Å². The van der Waals surface area contributed by atoms with Gasteiger partial charge >= 0.3 is 6.03 Å². The van der Waals surface area contributed by atoms with Crippen LogP contribution in [-0.4, -0.2) is 37.1 Å². The number of alkyl halides is 1. The lowest BCUT2D eigenvalue weighted by Crippen LogP contribution is -2.35. The van der Waals surface area contributed by atoms with E-state index in [0.717, 1.165) is 0 Å². The van der Waals surface area contributed by atoms with E-state index in [2.05, 4.69) is 10.6 Å². The van der Waals surface area contributed by atoms with Crippen LogP contribution in [0, 0.1) is 5.92 Å². The van der Waals surface area contributed by atoms with Gasteiger partial charge in [-0.2, -0.15) is 0 Å². The van der Waals surface area contributed by atoms with E-state index in [9.17, 15) is 14.3 Å². The van der Waals surface area contributed by atoms with E-state index in [0.29, 0.717) is 23.8 Å². The fourth-order valence-electron chi connectivity index (χ4n) is 1.83. The maximum Gasteiger partial charge on any atom is 0.319 e. The number of hydrogen-bond donors (Lipinski definition) is 3. The summed E-state index contributed by atoms with van der Waals surface area (Å²) < 4.78 is 17.2. The molecule has 0 aliphatic carbocycles. The molecule has 0 aliphatic rings. The summed E-state index contributed by atoms with van der Waals surface area (Å²) in [6, 6.07) is 6.30. The highest BCUT2D eigenvalue weighted by Crippen LogP contribution is 2.17. The molecule has 0 saturated carbocycles. The quantitative estimate of drug-likeness (QED) is 0.691. The minimum absolute atomic E-state index is 0.0168. The van der Waals surface area contributed by atoms with Gasteiger partial charge in [-0.25, -0.2) is 9.18 Å². The standard InChI is InChI=1S/C15H23FN2O3/c1-11(2)8-13(19)10-17-15(20)18-12-4-3-5-14(9-12)21-7-6-16/h3-5,9,11,13,19H,6-8,10H2,1-2H3,(H2,17,18,20). The molecule has 0 aromatic heterocycles. The molecule has 118 valence electrons. The van der Waals surface area contributed by atoms with Crippen molar-refractivity contribution < 1.29 is 19.0 Å². The predicted molar refractivity (Wildman–Crippen MR) is 80.4 cm³/mol. The number of carbonyl (C=O) groups is 1. The van der Waals surface area contributed by atoms with Crippen LogP contribution in [0.2, 0.25) is 0 Å². The second kappa shape index (κ2) is 9.18. The number of nitrogens with one attached hydrogen (secondary N) is 2. The molecular formula is C15H23FN2O3. The second-order valence-electron chi connectivity index (χ2n) is 5.18. The molecule has 3 N–H and O–H groups in total. The molecule has 6 heteroatoms. The molecule has 0 fully saturated rings. The molecule has 0 saturated heterocycles. The number of anilines is 1. The molecule has 0 radical (unpaired) electrons. The number of rotatable bonds is 8. The van der Waals surface area contributed by atoms with Crippen molar-refractivity contribution in [2.75, 3.05) is 25.1 Å². The Morgan fingerprint density at radius 1 is 1.43 bits per heavy atom. The number of ether oxygens (including phenoxy) is 1. The number of aliphatic hydroxyl groups excluding tert-OH is 1. The van der Waals surface area contributed by atoms with Gasteiger partial charge in [-0.3, -0.25) is 0 Å². The van der Waals surface area contributed by atoms with E-state index in [1.807, 2.05) is 13.8 Å². The third-order valence-electron chi connectivity index (χ3n) is 2.68. The van der Waals surface area contributed by atoms with E-state index in [1.165, 1.54) is 0 Å². The molecule has 5 nitrogen and oxygen atoms in total. The van der Waals surface area contributed by atoms with E-state index in [4.69, 9.17) is 4.74 Å². The fourth-order valence-corrected chi connectivity index (χ4v) is 1.83. The number of urea groups is 1. The molecule has 0 spiro atoms. The molecule has 2 amide bonds. The predicted octanol–water partition coefficient (Wildman–Crippen LogP) is 2.56. The Morgan fingerprint density at radius 2 is 2.19 bits per heavy atom. The van der Waals surface area contributed by atoms with Crippen LogP contribution in [0.15, 0.2) is 24.3 Å². The molecule has 0 heterocycles. The van der Waals surface area contributed by atoms with Gasteiger partial charge in [-0.1, -0.05) is 19.9 Å². The number of halogens is 1. The third kappa shape index (κ3) is 7.51. The Bertz CT molecular complexity index is 441. The average molecular weight is 298 g/mol. The van der Waals surface area contributed by atoms with Crippen LogP contribution >= 0.6 is 0 Å². The van der Waals surface area contributed by atoms with Gasteiger partial charge in [0.05, 0.1) is 6.10 Å². The van der Waals surface area contributed by atoms with Crippen molar-refractivity contribution in [3.8, 4) is 5.75 Å². The van der Waals surface area contributed by atoms with Crippen LogP contribution in [0.25, 0.3) is 0 Å². The first kappa shape index (κ1) is 17.2. The largest absolute Gasteiger partial charge is 0.491 e. The van der Waals surface area contributed by atoms with Gasteiger partial charge in [0.25, 0.3) is 0 Å². The number of aliphatic hydroxyl groups is 1. The van der Waals surface area contributed by atoms with Gasteiger partial charge < -0.3 is 20.5 Å². The molecule has 21 heavy (non-hydrogen) atoms. The summed E-state index contributed by atoms with van der Waals surface area (Å²) >= 11 is 0. The van der Waals surface area contributed by atoms with Crippen molar-refractivity contribution in [1.29, 1.82) is 0 Å². The maximum atomic E-state index is 12.0. The normalized spacial score (nSPS) is 12.0. The van der Waals surface area contributed by atoms with E-state index >= 15 is 0 Å². The highest BCUT2D eigenvalue weighted by molar-refractivity contribution is 5.89. The smallest absolute Gasteiger partial charge is 0.319 e. The van der Waals surface area contributed by atoms with Crippen LogP contribution in [0.1, 0.15) is 20.3 Å². The zero-order chi connectivity index (χ0) is 15.7. The topological polar surface area (TPSA) is 70.6 Å². The second-order valence-corrected chi connectivity index (χ2v) is 5.18. The van der Waals surface area contributed by atoms with Gasteiger partial charge in [0, 0.05) is 18.3 Å². The number of benzene rings is 1. The van der Waals surface area contributed by atoms with Gasteiger partial charge in [-0.05, 0) is 24.5 Å². The van der Waals surface area contributed by atoms with Crippen molar-refractivity contribution >= 4 is 11.7 Å². The maximum absolute atomic E-state index is 12.0. The zero-order valence-electron chi connectivity index (χ0n) is 12.4. The zero-order valence-corrected chi connectivity index (χ0v) is 12.4. The first-order valence-corrected chi connectivity index (χ1v) is 7.03. The molecule has 1 aromatic carbocycles. The highest BCUT2D eigenvalue weighted by Gasteiger charge is 2.09. The molecule has 0 aliphatic heterocycles. The van der Waals surface area contributed by atoms with Crippen molar-refractivity contribution in [1.82, 2.24) is 5.32 Å². The van der Waals surface area contributed by atoms with Crippen LogP contribution in [0.4, 0.5) is 14.9 Å². The summed E-state index contributed by atoms with van der Waals surface area (Å²) in [4.78, 5) is 11.7. The summed E-state index contributed by atoms with van der Waals surface area (Å²) in [5.74, 6) is 0.861. The summed E-state index contributed by atoms with van der Waals surface area (Å²) in [6.07, 6.45) is 0.0716. The van der Waals surface area contributed by atoms with Crippen LogP contribution < -0.4 is 15.4 Å². The van der Waals surface area contributed by atoms with E-state index in [-0.39, 0.29) is 13.2 Å². The number of carbonyl (C=O) groups excluding carboxylic acids is 1. The van der Waals surface area contributed by atoms with E-state index in [1.54, 1.807) is 24.3 Å². The van der Waals surface area contributed by atoms with Gasteiger partial charge in [0.1, 0.15) is 19.0 Å². The van der Waals surface area contributed by atoms with Crippen molar-refractivity contribution in [3.05, 3.63) is 24.3 Å². The first-order valence-electron chi connectivity index (χ1n) is 7.03. The molecule has 1 atom stereocenters.